The third-order valence-corrected chi connectivity index (χ3v) is 13.1. The summed E-state index contributed by atoms with van der Waals surface area (Å²) in [5, 5.41) is 9.97. The van der Waals surface area contributed by atoms with Gasteiger partial charge in [-0.2, -0.15) is 15.6 Å². The minimum absolute atomic E-state index is 0.0678. The number of benzene rings is 2. The first-order valence-electron chi connectivity index (χ1n) is 17.3. The number of nitrogens with two attached hydrogens (primary N) is 2. The Kier molecular flexibility index (Phi) is 11.5. The highest BCUT2D eigenvalue weighted by atomic mass is 32.2. The standard InChI is InChI=1S/C36H42N6O10S4/c1-35(2)28-22-26(53-52-51-37)10-12-30(28)40(18-20-54(43,44)45)32(35)14-8-24-6-7-25(34(24)42-17-5-16-39-42)9-15-33-36(3,4)29-23-27(56(38,49)50)11-13-31(29)41(33)19-21-55(46,47)48/h5,8-17,22-23H,6-7,18-21,37H2,1-4H3,(H3-,38,43,44,45,46,47,48,49,50)/p-1. The van der Waals surface area contributed by atoms with Crippen molar-refractivity contribution in [2.24, 2.45) is 11.0 Å². The molecule has 0 unspecified atom stereocenters. The first kappa shape index (κ1) is 41.7. The first-order valence-corrected chi connectivity index (χ1v) is 22.7. The van der Waals surface area contributed by atoms with Crippen molar-refractivity contribution >= 4 is 65.1 Å². The Hall–Kier alpha value is -3.96. The van der Waals surface area contributed by atoms with Crippen molar-refractivity contribution in [3.63, 3.8) is 0 Å². The van der Waals surface area contributed by atoms with Gasteiger partial charge >= 0.3 is 0 Å². The Morgan fingerprint density at radius 2 is 1.66 bits per heavy atom. The Balaban J connectivity index is 1.44. The van der Waals surface area contributed by atoms with Gasteiger partial charge in [0.15, 0.2) is 12.3 Å². The van der Waals surface area contributed by atoms with Gasteiger partial charge in [-0.05, 0) is 85.9 Å². The van der Waals surface area contributed by atoms with Gasteiger partial charge in [0.25, 0.3) is 0 Å². The smallest absolute Gasteiger partial charge is 0.238 e. The number of nitrogens with zero attached hydrogens (tertiary/aromatic N) is 4. The van der Waals surface area contributed by atoms with E-state index in [2.05, 4.69) is 10.1 Å². The molecule has 0 spiro atoms. The van der Waals surface area contributed by atoms with Crippen molar-refractivity contribution in [2.45, 2.75) is 61.2 Å². The molecule has 0 atom stereocenters. The minimum Gasteiger partial charge on any atom is -0.748 e. The summed E-state index contributed by atoms with van der Waals surface area (Å²) in [6.45, 7) is 7.53. The van der Waals surface area contributed by atoms with Gasteiger partial charge in [0.05, 0.1) is 49.7 Å². The molecule has 3 heterocycles. The zero-order valence-electron chi connectivity index (χ0n) is 30.9. The fourth-order valence-electron chi connectivity index (χ4n) is 7.58. The van der Waals surface area contributed by atoms with Crippen LogP contribution in [0.1, 0.15) is 51.7 Å². The lowest BCUT2D eigenvalue weighted by molar-refractivity contribution is -0.432. The summed E-state index contributed by atoms with van der Waals surface area (Å²) in [5.74, 6) is 3.75. The van der Waals surface area contributed by atoms with Crippen LogP contribution in [0.25, 0.3) is 5.70 Å². The zero-order chi connectivity index (χ0) is 40.8. The molecule has 4 N–H and O–H groups in total. The van der Waals surface area contributed by atoms with E-state index < -0.39 is 52.6 Å². The van der Waals surface area contributed by atoms with Crippen molar-refractivity contribution < 1.29 is 48.3 Å². The number of allylic oxidation sites excluding steroid dienone is 8. The third-order valence-electron chi connectivity index (χ3n) is 10.2. The average Bonchev–Trinajstić information content (AvgIpc) is 3.86. The van der Waals surface area contributed by atoms with E-state index in [1.807, 2.05) is 74.9 Å². The fraction of sp³-hybridized carbons (Fsp3) is 0.333. The van der Waals surface area contributed by atoms with Crippen molar-refractivity contribution in [2.75, 3.05) is 29.5 Å². The summed E-state index contributed by atoms with van der Waals surface area (Å²) in [7, 11) is -13.2. The molecule has 20 heteroatoms. The van der Waals surface area contributed by atoms with Gasteiger partial charge in [0.1, 0.15) is 10.1 Å². The SMILES string of the molecule is CC1(C)C(/C=C/C2=C(n3cccn3)C(=C/C=C3/N(CCS(=O)(=O)[O-])c4ccc(S(N)(=O)=O)cc4C3(C)C)/CC2)=[N+](CCS(=O)(=O)[O-])c2ccc(SOON)cc21. The molecule has 0 fully saturated rings. The molecule has 0 radical (unpaired) electrons. The molecule has 0 bridgehead atoms. The van der Waals surface area contributed by atoms with Gasteiger partial charge in [-0.1, -0.05) is 26.0 Å². The lowest BCUT2D eigenvalue weighted by Gasteiger charge is -2.27. The molecule has 3 aliphatic rings. The van der Waals surface area contributed by atoms with E-state index in [0.29, 0.717) is 34.7 Å². The topological polar surface area (TPSA) is 243 Å². The van der Waals surface area contributed by atoms with E-state index in [1.165, 1.54) is 12.1 Å². The average molecular weight is 846 g/mol. The summed E-state index contributed by atoms with van der Waals surface area (Å²) in [6, 6.07) is 11.7. The normalized spacial score (nSPS) is 19.6. The number of anilines is 1. The van der Waals surface area contributed by atoms with Crippen LogP contribution >= 0.6 is 12.0 Å². The van der Waals surface area contributed by atoms with E-state index in [0.717, 1.165) is 45.8 Å². The second kappa shape index (κ2) is 15.4. The quantitative estimate of drug-likeness (QED) is 0.0773. The summed E-state index contributed by atoms with van der Waals surface area (Å²) in [4.78, 5) is 6.57. The highest BCUT2D eigenvalue weighted by Gasteiger charge is 2.45. The molecule has 16 nitrogen and oxygen atoms in total. The number of hydrogen-bond donors (Lipinski definition) is 2. The molecule has 2 aromatic carbocycles. The maximum absolute atomic E-state index is 12.3. The Morgan fingerprint density at radius 3 is 2.30 bits per heavy atom. The molecule has 1 aliphatic carbocycles. The van der Waals surface area contributed by atoms with E-state index in [9.17, 15) is 34.4 Å². The Bertz CT molecular complexity index is 2560. The predicted molar refractivity (Wildman–Crippen MR) is 209 cm³/mol. The van der Waals surface area contributed by atoms with Crippen molar-refractivity contribution in [3.05, 3.63) is 107 Å². The van der Waals surface area contributed by atoms with Gasteiger partial charge in [-0.25, -0.2) is 35.1 Å². The molecule has 56 heavy (non-hydrogen) atoms. The third kappa shape index (κ3) is 8.64. The maximum atomic E-state index is 12.3. The lowest BCUT2D eigenvalue weighted by Crippen LogP contribution is -2.30. The molecular formula is C36H41N6O10S4-. The molecule has 1 aromatic heterocycles. The van der Waals surface area contributed by atoms with Crippen LogP contribution in [-0.2, 0) is 50.4 Å². The molecule has 6 rings (SSSR count). The van der Waals surface area contributed by atoms with Crippen LogP contribution in [0, 0.1) is 0 Å². The number of aromatic nitrogens is 2. The van der Waals surface area contributed by atoms with Crippen LogP contribution in [0.5, 0.6) is 0 Å². The highest BCUT2D eigenvalue weighted by Crippen LogP contribution is 2.49. The van der Waals surface area contributed by atoms with Crippen molar-refractivity contribution in [3.8, 4) is 0 Å². The number of rotatable bonds is 14. The summed E-state index contributed by atoms with van der Waals surface area (Å²) in [6.07, 6.45) is 12.3. The van der Waals surface area contributed by atoms with E-state index in [-0.39, 0.29) is 18.0 Å². The molecule has 300 valence electrons. The van der Waals surface area contributed by atoms with Crippen LogP contribution in [-0.4, -0.2) is 79.0 Å². The van der Waals surface area contributed by atoms with Gasteiger partial charge in [0, 0.05) is 58.3 Å². The Labute approximate surface area is 330 Å². The second-order valence-electron chi connectivity index (χ2n) is 14.5. The molecule has 0 saturated carbocycles. The minimum atomic E-state index is -4.59. The Morgan fingerprint density at radius 1 is 0.929 bits per heavy atom. The van der Waals surface area contributed by atoms with Gasteiger partial charge < -0.3 is 14.0 Å². The summed E-state index contributed by atoms with van der Waals surface area (Å²) >= 11 is 0.915. The van der Waals surface area contributed by atoms with Crippen LogP contribution in [0.2, 0.25) is 0 Å². The second-order valence-corrected chi connectivity index (χ2v) is 19.9. The summed E-state index contributed by atoms with van der Waals surface area (Å²) < 4.78 is 104. The number of primary sulfonamides is 1. The van der Waals surface area contributed by atoms with Crippen molar-refractivity contribution in [1.82, 2.24) is 9.78 Å². The maximum Gasteiger partial charge on any atom is 0.238 e. The molecule has 3 aromatic rings. The molecule has 0 amide bonds. The lowest BCUT2D eigenvalue weighted by atomic mass is 9.81. The molecular weight excluding hydrogens is 805 g/mol. The molecule has 2 aliphatic heterocycles. The van der Waals surface area contributed by atoms with Crippen LogP contribution in [0.4, 0.5) is 11.4 Å². The highest BCUT2D eigenvalue weighted by molar-refractivity contribution is 7.94. The van der Waals surface area contributed by atoms with Crippen LogP contribution in [0.3, 0.4) is 0 Å². The predicted octanol–water partition coefficient (Wildman–Crippen LogP) is 3.70. The zero-order valence-corrected chi connectivity index (χ0v) is 34.2. The largest absolute Gasteiger partial charge is 0.748 e. The summed E-state index contributed by atoms with van der Waals surface area (Å²) in [5.41, 5.74) is 5.32. The van der Waals surface area contributed by atoms with E-state index in [4.69, 9.17) is 15.4 Å². The number of sulfonamides is 1. The molecule has 0 saturated heterocycles. The van der Waals surface area contributed by atoms with Gasteiger partial charge in [-0.3, -0.25) is 0 Å². The fourth-order valence-corrected chi connectivity index (χ4v) is 9.34. The van der Waals surface area contributed by atoms with Gasteiger partial charge in [-0.15, -0.1) is 9.32 Å². The number of hydrogen-bond acceptors (Lipinski definition) is 14. The van der Waals surface area contributed by atoms with Crippen LogP contribution < -0.4 is 15.9 Å². The first-order chi connectivity index (χ1) is 26.1. The van der Waals surface area contributed by atoms with Gasteiger partial charge in [0.2, 0.25) is 15.7 Å². The van der Waals surface area contributed by atoms with E-state index in [1.54, 1.807) is 34.0 Å². The van der Waals surface area contributed by atoms with E-state index >= 15 is 0 Å². The van der Waals surface area contributed by atoms with Crippen LogP contribution in [0.15, 0.2) is 106 Å². The number of fused-ring (bicyclic) bond motifs is 2. The van der Waals surface area contributed by atoms with Crippen molar-refractivity contribution in [1.29, 1.82) is 0 Å². The monoisotopic (exact) mass is 845 g/mol.